The second kappa shape index (κ2) is 7.00. The summed E-state index contributed by atoms with van der Waals surface area (Å²) in [5.74, 6) is -1.14. The molecule has 2 N–H and O–H groups in total. The zero-order chi connectivity index (χ0) is 16.1. The van der Waals surface area contributed by atoms with Gasteiger partial charge in [-0.1, -0.05) is 6.07 Å². The summed E-state index contributed by atoms with van der Waals surface area (Å²) in [7, 11) is 1.48. The van der Waals surface area contributed by atoms with Gasteiger partial charge in [0.15, 0.2) is 0 Å². The Kier molecular flexibility index (Phi) is 5.06. The highest BCUT2D eigenvalue weighted by Crippen LogP contribution is 2.23. The first kappa shape index (κ1) is 15.9. The van der Waals surface area contributed by atoms with E-state index in [0.717, 1.165) is 12.1 Å². The molecule has 2 aromatic rings. The highest BCUT2D eigenvalue weighted by atomic mass is 19.1. The van der Waals surface area contributed by atoms with Crippen molar-refractivity contribution in [1.29, 1.82) is 0 Å². The summed E-state index contributed by atoms with van der Waals surface area (Å²) in [5.41, 5.74) is -0.0462. The van der Waals surface area contributed by atoms with Crippen LogP contribution in [-0.2, 0) is 0 Å². The van der Waals surface area contributed by atoms with Crippen LogP contribution in [0.1, 0.15) is 17.2 Å². The minimum atomic E-state index is -1.41. The third-order valence-corrected chi connectivity index (χ3v) is 3.08. The van der Waals surface area contributed by atoms with Gasteiger partial charge in [-0.15, -0.1) is 0 Å². The van der Waals surface area contributed by atoms with Gasteiger partial charge in [-0.25, -0.2) is 8.78 Å². The van der Waals surface area contributed by atoms with E-state index in [0.29, 0.717) is 11.3 Å². The molecule has 0 saturated carbocycles. The molecule has 1 atom stereocenters. The average molecular weight is 307 g/mol. The largest absolute Gasteiger partial charge is 0.507 e. The quantitative estimate of drug-likeness (QED) is 0.835. The van der Waals surface area contributed by atoms with Gasteiger partial charge in [-0.3, -0.25) is 4.99 Å². The molecule has 0 aromatic heterocycles. The number of halogens is 2. The van der Waals surface area contributed by atoms with E-state index < -0.39 is 23.3 Å². The van der Waals surface area contributed by atoms with Crippen LogP contribution in [0.3, 0.4) is 0 Å². The molecule has 22 heavy (non-hydrogen) atoms. The SMILES string of the molecule is COc1ccc(O)c(C=NCC(O)c2c(F)cccc2F)c1. The Balaban J connectivity index is 2.12. The van der Waals surface area contributed by atoms with Crippen molar-refractivity contribution in [2.45, 2.75) is 6.10 Å². The van der Waals surface area contributed by atoms with Crippen LogP contribution in [0.4, 0.5) is 8.78 Å². The molecule has 0 radical (unpaired) electrons. The van der Waals surface area contributed by atoms with E-state index >= 15 is 0 Å². The second-order valence-corrected chi connectivity index (χ2v) is 4.57. The molecular weight excluding hydrogens is 292 g/mol. The minimum Gasteiger partial charge on any atom is -0.507 e. The van der Waals surface area contributed by atoms with Gasteiger partial charge in [0, 0.05) is 11.8 Å². The molecule has 116 valence electrons. The third-order valence-electron chi connectivity index (χ3n) is 3.08. The summed E-state index contributed by atoms with van der Waals surface area (Å²) in [6, 6.07) is 7.93. The Morgan fingerprint density at radius 3 is 2.55 bits per heavy atom. The highest BCUT2D eigenvalue weighted by molar-refractivity contribution is 5.84. The lowest BCUT2D eigenvalue weighted by Crippen LogP contribution is -2.07. The van der Waals surface area contributed by atoms with Crippen molar-refractivity contribution >= 4 is 6.21 Å². The van der Waals surface area contributed by atoms with Gasteiger partial charge in [0.25, 0.3) is 0 Å². The first-order chi connectivity index (χ1) is 10.5. The number of aliphatic hydroxyl groups excluding tert-OH is 1. The summed E-state index contributed by atoms with van der Waals surface area (Å²) in [6.45, 7) is -0.242. The molecule has 0 aliphatic carbocycles. The molecule has 6 heteroatoms. The number of aliphatic hydroxyl groups is 1. The maximum absolute atomic E-state index is 13.5. The van der Waals surface area contributed by atoms with Gasteiger partial charge < -0.3 is 14.9 Å². The maximum atomic E-state index is 13.5. The van der Waals surface area contributed by atoms with E-state index in [4.69, 9.17) is 4.74 Å². The van der Waals surface area contributed by atoms with Crippen LogP contribution >= 0.6 is 0 Å². The molecule has 0 amide bonds. The number of hydrogen-bond acceptors (Lipinski definition) is 4. The maximum Gasteiger partial charge on any atom is 0.132 e. The number of hydrogen-bond donors (Lipinski definition) is 2. The normalized spacial score (nSPS) is 12.5. The summed E-state index contributed by atoms with van der Waals surface area (Å²) < 4.78 is 32.0. The highest BCUT2D eigenvalue weighted by Gasteiger charge is 2.16. The monoisotopic (exact) mass is 307 g/mol. The van der Waals surface area contributed by atoms with Crippen molar-refractivity contribution in [2.24, 2.45) is 4.99 Å². The Bertz CT molecular complexity index is 669. The predicted molar refractivity (Wildman–Crippen MR) is 78.4 cm³/mol. The Morgan fingerprint density at radius 1 is 1.23 bits per heavy atom. The predicted octanol–water partition coefficient (Wildman–Crippen LogP) is 2.83. The zero-order valence-electron chi connectivity index (χ0n) is 11.8. The molecule has 2 rings (SSSR count). The van der Waals surface area contributed by atoms with Crippen LogP contribution in [0, 0.1) is 11.6 Å². The summed E-state index contributed by atoms with van der Waals surface area (Å²) in [6.07, 6.45) is -0.106. The zero-order valence-corrected chi connectivity index (χ0v) is 11.8. The van der Waals surface area contributed by atoms with E-state index in [-0.39, 0.29) is 12.3 Å². The van der Waals surface area contributed by atoms with Crippen molar-refractivity contribution in [1.82, 2.24) is 0 Å². The Morgan fingerprint density at radius 2 is 1.91 bits per heavy atom. The standard InChI is InChI=1S/C16H15F2NO3/c1-22-11-5-6-14(20)10(7-11)8-19-9-15(21)16-12(17)3-2-4-13(16)18/h2-8,15,20-21H,9H2,1H3. The van der Waals surface area contributed by atoms with Gasteiger partial charge in [0.2, 0.25) is 0 Å². The van der Waals surface area contributed by atoms with Gasteiger partial charge in [-0.05, 0) is 30.3 Å². The fourth-order valence-corrected chi connectivity index (χ4v) is 1.93. The smallest absolute Gasteiger partial charge is 0.132 e. The van der Waals surface area contributed by atoms with Crippen molar-refractivity contribution < 1.29 is 23.7 Å². The molecule has 0 aliphatic heterocycles. The first-order valence-corrected chi connectivity index (χ1v) is 6.51. The Labute approximate surface area is 126 Å². The molecule has 1 unspecified atom stereocenters. The third kappa shape index (κ3) is 3.59. The van der Waals surface area contributed by atoms with Crippen molar-refractivity contribution in [2.75, 3.05) is 13.7 Å². The van der Waals surface area contributed by atoms with Crippen molar-refractivity contribution in [3.05, 3.63) is 59.2 Å². The van der Waals surface area contributed by atoms with Crippen LogP contribution in [-0.4, -0.2) is 30.1 Å². The van der Waals surface area contributed by atoms with Gasteiger partial charge in [0.05, 0.1) is 19.2 Å². The van der Waals surface area contributed by atoms with Crippen molar-refractivity contribution in [3.63, 3.8) is 0 Å². The van der Waals surface area contributed by atoms with E-state index in [9.17, 15) is 19.0 Å². The van der Waals surface area contributed by atoms with Gasteiger partial charge in [0.1, 0.15) is 29.2 Å². The lowest BCUT2D eigenvalue weighted by molar-refractivity contribution is 0.177. The molecule has 0 spiro atoms. The molecular formula is C16H15F2NO3. The first-order valence-electron chi connectivity index (χ1n) is 6.51. The molecule has 0 saturated heterocycles. The number of methoxy groups -OCH3 is 1. The lowest BCUT2D eigenvalue weighted by Gasteiger charge is -2.10. The number of rotatable bonds is 5. The summed E-state index contributed by atoms with van der Waals surface area (Å²) in [5, 5.41) is 19.5. The fraction of sp³-hybridized carbons (Fsp3) is 0.188. The van der Waals surface area contributed by atoms with Gasteiger partial charge >= 0.3 is 0 Å². The van der Waals surface area contributed by atoms with E-state index in [2.05, 4.69) is 4.99 Å². The second-order valence-electron chi connectivity index (χ2n) is 4.57. The number of phenols is 1. The van der Waals surface area contributed by atoms with Crippen molar-refractivity contribution in [3.8, 4) is 11.5 Å². The molecule has 0 bridgehead atoms. The molecule has 4 nitrogen and oxygen atoms in total. The average Bonchev–Trinajstić information content (AvgIpc) is 2.49. The number of benzene rings is 2. The van der Waals surface area contributed by atoms with Crippen LogP contribution in [0.15, 0.2) is 41.4 Å². The topological polar surface area (TPSA) is 62.0 Å². The van der Waals surface area contributed by atoms with E-state index in [1.807, 2.05) is 0 Å². The molecule has 0 aliphatic rings. The summed E-state index contributed by atoms with van der Waals surface area (Å²) in [4.78, 5) is 3.91. The lowest BCUT2D eigenvalue weighted by atomic mass is 10.1. The van der Waals surface area contributed by atoms with Crippen LogP contribution in [0.2, 0.25) is 0 Å². The Hall–Kier alpha value is -2.47. The number of nitrogens with zero attached hydrogens (tertiary/aromatic N) is 1. The van der Waals surface area contributed by atoms with Crippen LogP contribution in [0.5, 0.6) is 11.5 Å². The number of aliphatic imine (C=N–C) groups is 1. The number of ether oxygens (including phenoxy) is 1. The van der Waals surface area contributed by atoms with Crippen LogP contribution < -0.4 is 4.74 Å². The van der Waals surface area contributed by atoms with Gasteiger partial charge in [-0.2, -0.15) is 0 Å². The molecule has 2 aromatic carbocycles. The molecule has 0 heterocycles. The fourth-order valence-electron chi connectivity index (χ4n) is 1.93. The number of phenolic OH excluding ortho intramolecular Hbond substituents is 1. The van der Waals surface area contributed by atoms with Crippen LogP contribution in [0.25, 0.3) is 0 Å². The molecule has 0 fully saturated rings. The number of aromatic hydroxyl groups is 1. The van der Waals surface area contributed by atoms with E-state index in [1.165, 1.54) is 25.5 Å². The minimum absolute atomic E-state index is 0.0175. The van der Waals surface area contributed by atoms with E-state index in [1.54, 1.807) is 12.1 Å². The summed E-state index contributed by atoms with van der Waals surface area (Å²) >= 11 is 0.